The van der Waals surface area contributed by atoms with E-state index in [0.29, 0.717) is 18.3 Å². The van der Waals surface area contributed by atoms with E-state index in [0.717, 1.165) is 136 Å². The van der Waals surface area contributed by atoms with Gasteiger partial charge in [0.15, 0.2) is 0 Å². The molecule has 0 radical (unpaired) electrons. The van der Waals surface area contributed by atoms with Gasteiger partial charge < -0.3 is 9.47 Å². The van der Waals surface area contributed by atoms with Gasteiger partial charge in [-0.2, -0.15) is 5.10 Å². The minimum atomic E-state index is -0.689. The number of hydrogen-bond donors (Lipinski definition) is 2. The zero-order chi connectivity index (χ0) is 45.8. The first-order valence-electron chi connectivity index (χ1n) is 24.1. The summed E-state index contributed by atoms with van der Waals surface area (Å²) in [6.07, 6.45) is 8.71. The molecule has 4 aliphatic rings. The maximum absolute atomic E-state index is 13.7. The Bertz CT molecular complexity index is 3050. The highest BCUT2D eigenvalue weighted by molar-refractivity contribution is 6.00. The number of imide groups is 1. The summed E-state index contributed by atoms with van der Waals surface area (Å²) in [6.45, 7) is 9.95. The van der Waals surface area contributed by atoms with Crippen LogP contribution in [0.5, 0.6) is 0 Å². The smallest absolute Gasteiger partial charge is 0.329 e. The number of rotatable bonds is 10. The molecule has 4 fully saturated rings. The van der Waals surface area contributed by atoms with Gasteiger partial charge in [-0.1, -0.05) is 30.3 Å². The molecule has 346 valence electrons. The number of carbonyl (C=O) groups excluding carboxylic acids is 3. The number of hydrogen-bond acceptors (Lipinski definition) is 9. The van der Waals surface area contributed by atoms with E-state index in [4.69, 9.17) is 4.98 Å². The Hall–Kier alpha value is -6.42. The van der Waals surface area contributed by atoms with E-state index in [-0.39, 0.29) is 23.9 Å². The predicted octanol–water partition coefficient (Wildman–Crippen LogP) is 5.80. The number of imidazole rings is 1. The lowest BCUT2D eigenvalue weighted by atomic mass is 9.89. The van der Waals surface area contributed by atoms with Crippen LogP contribution >= 0.6 is 0 Å². The number of pyridine rings is 1. The standard InChI is InChI=1S/C52H59N11O4/c1-57-41(29-43-42(14-19-53-49(43)57)38-10-11-44-40(28-38)30-54-56-44)33-60-22-17-36(18-23-60)35-6-8-37(9-7-35)51(66)62-26-24-61(25-27-62)31-34-15-20-59(21-16-34)32-39-4-3-5-45-48(39)58(2)52(67)63(45)46-12-13-47(64)55-50(46)65/h3-11,14,19,28-30,34,36,46H,12-13,15-18,20-27,31-33H2,1-2H3,(H,54,56)(H,55,64,65). The summed E-state index contributed by atoms with van der Waals surface area (Å²) < 4.78 is 5.46. The zero-order valence-corrected chi connectivity index (χ0v) is 38.5. The van der Waals surface area contributed by atoms with Crippen molar-refractivity contribution in [2.24, 2.45) is 20.0 Å². The molecule has 67 heavy (non-hydrogen) atoms. The quantitative estimate of drug-likeness (QED) is 0.163. The van der Waals surface area contributed by atoms with Crippen molar-refractivity contribution >= 4 is 50.7 Å². The molecule has 0 spiro atoms. The number of nitrogens with zero attached hydrogens (tertiary/aromatic N) is 9. The van der Waals surface area contributed by atoms with Crippen molar-refractivity contribution in [1.82, 2.24) is 53.8 Å². The Balaban J connectivity index is 0.634. The van der Waals surface area contributed by atoms with Crippen LogP contribution < -0.4 is 11.0 Å². The largest absolute Gasteiger partial charge is 0.336 e. The molecule has 8 heterocycles. The second-order valence-corrected chi connectivity index (χ2v) is 19.4. The number of carbonyl (C=O) groups is 3. The van der Waals surface area contributed by atoms with Crippen LogP contribution in [0.4, 0.5) is 0 Å². The molecule has 4 saturated heterocycles. The summed E-state index contributed by atoms with van der Waals surface area (Å²) in [7, 11) is 3.89. The van der Waals surface area contributed by atoms with Gasteiger partial charge in [0, 0.05) is 94.6 Å². The summed E-state index contributed by atoms with van der Waals surface area (Å²) in [4.78, 5) is 66.0. The molecule has 3 amide bonds. The molecule has 3 aromatic carbocycles. The first kappa shape index (κ1) is 43.2. The van der Waals surface area contributed by atoms with Gasteiger partial charge in [-0.15, -0.1) is 0 Å². The summed E-state index contributed by atoms with van der Waals surface area (Å²) in [5.41, 5.74) is 10.2. The summed E-state index contributed by atoms with van der Waals surface area (Å²) in [5, 5.41) is 11.9. The van der Waals surface area contributed by atoms with Gasteiger partial charge in [-0.05, 0) is 135 Å². The summed E-state index contributed by atoms with van der Waals surface area (Å²) in [5.74, 6) is 0.510. The molecular formula is C52H59N11O4. The van der Waals surface area contributed by atoms with Crippen molar-refractivity contribution in [3.8, 4) is 11.1 Å². The predicted molar refractivity (Wildman–Crippen MR) is 258 cm³/mol. The van der Waals surface area contributed by atoms with Gasteiger partial charge in [0.1, 0.15) is 11.7 Å². The lowest BCUT2D eigenvalue weighted by Crippen LogP contribution is -2.50. The fourth-order valence-corrected chi connectivity index (χ4v) is 11.5. The van der Waals surface area contributed by atoms with Gasteiger partial charge >= 0.3 is 5.69 Å². The number of likely N-dealkylation sites (tertiary alicyclic amines) is 2. The molecular weight excluding hydrogens is 843 g/mol. The number of aromatic amines is 1. The number of aromatic nitrogens is 6. The van der Waals surface area contributed by atoms with E-state index in [9.17, 15) is 19.2 Å². The molecule has 7 aromatic rings. The molecule has 4 aliphatic heterocycles. The average molecular weight is 902 g/mol. The van der Waals surface area contributed by atoms with E-state index < -0.39 is 11.9 Å². The van der Waals surface area contributed by atoms with Crippen LogP contribution in [0.15, 0.2) is 90.0 Å². The third-order valence-corrected chi connectivity index (χ3v) is 15.4. The maximum atomic E-state index is 13.7. The molecule has 15 heteroatoms. The fourth-order valence-electron chi connectivity index (χ4n) is 11.5. The van der Waals surface area contributed by atoms with Crippen molar-refractivity contribution in [3.05, 3.63) is 118 Å². The molecule has 0 aliphatic carbocycles. The van der Waals surface area contributed by atoms with Crippen molar-refractivity contribution < 1.29 is 14.4 Å². The van der Waals surface area contributed by atoms with Gasteiger partial charge in [0.05, 0.1) is 22.7 Å². The Kier molecular flexibility index (Phi) is 11.6. The Morgan fingerprint density at radius 1 is 0.761 bits per heavy atom. The minimum Gasteiger partial charge on any atom is -0.336 e. The van der Waals surface area contributed by atoms with Crippen molar-refractivity contribution in [2.75, 3.05) is 58.9 Å². The lowest BCUT2D eigenvalue weighted by Gasteiger charge is -2.39. The van der Waals surface area contributed by atoms with Crippen LogP contribution in [0.3, 0.4) is 0 Å². The van der Waals surface area contributed by atoms with Crippen LogP contribution in [0.2, 0.25) is 0 Å². The third-order valence-electron chi connectivity index (χ3n) is 15.4. The Morgan fingerprint density at radius 2 is 1.52 bits per heavy atom. The molecule has 0 saturated carbocycles. The molecule has 11 rings (SSSR count). The SMILES string of the molecule is Cn1c(CN2CCC(c3ccc(C(=O)N4CCN(CC5CCN(Cc6cccc7c6n(C)c(=O)n7C6CCC(=O)NC6=O)CC5)CC4)cc3)CC2)cc2c(-c3ccc4[nH]ncc4c3)ccnc21. The van der Waals surface area contributed by atoms with Gasteiger partial charge in [-0.25, -0.2) is 9.78 Å². The number of piperazine rings is 1. The molecule has 1 atom stereocenters. The number of amides is 3. The van der Waals surface area contributed by atoms with Crippen molar-refractivity contribution in [1.29, 1.82) is 0 Å². The monoisotopic (exact) mass is 901 g/mol. The number of para-hydroxylation sites is 1. The topological polar surface area (TPSA) is 150 Å². The normalized spacial score (nSPS) is 19.9. The first-order valence-corrected chi connectivity index (χ1v) is 24.1. The summed E-state index contributed by atoms with van der Waals surface area (Å²) >= 11 is 0. The lowest BCUT2D eigenvalue weighted by molar-refractivity contribution is -0.135. The Morgan fingerprint density at radius 3 is 2.30 bits per heavy atom. The van der Waals surface area contributed by atoms with E-state index in [2.05, 4.69) is 90.4 Å². The third kappa shape index (κ3) is 8.37. The number of H-pyrrole nitrogens is 1. The number of benzene rings is 3. The maximum Gasteiger partial charge on any atom is 0.329 e. The first-order chi connectivity index (χ1) is 32.6. The van der Waals surface area contributed by atoms with Gasteiger partial charge in [-0.3, -0.25) is 48.6 Å². The number of piperidine rings is 3. The van der Waals surface area contributed by atoms with Gasteiger partial charge in [0.2, 0.25) is 11.8 Å². The number of fused-ring (bicyclic) bond motifs is 3. The zero-order valence-electron chi connectivity index (χ0n) is 38.5. The van der Waals surface area contributed by atoms with E-state index in [1.165, 1.54) is 27.8 Å². The highest BCUT2D eigenvalue weighted by atomic mass is 16.2. The minimum absolute atomic E-state index is 0.129. The van der Waals surface area contributed by atoms with Crippen LogP contribution in [0.1, 0.15) is 77.7 Å². The number of aryl methyl sites for hydroxylation is 2. The van der Waals surface area contributed by atoms with Crippen molar-refractivity contribution in [3.63, 3.8) is 0 Å². The van der Waals surface area contributed by atoms with Crippen LogP contribution in [-0.2, 0) is 36.8 Å². The average Bonchev–Trinajstić information content (AvgIpc) is 4.03. The van der Waals surface area contributed by atoms with Crippen LogP contribution in [0.25, 0.3) is 44.1 Å². The molecule has 1 unspecified atom stereocenters. The summed E-state index contributed by atoms with van der Waals surface area (Å²) in [6, 6.07) is 24.6. The van der Waals surface area contributed by atoms with E-state index >= 15 is 0 Å². The fraction of sp³-hybridized carbons (Fsp3) is 0.423. The molecule has 4 aromatic heterocycles. The van der Waals surface area contributed by atoms with Crippen LogP contribution in [-0.4, -0.2) is 125 Å². The van der Waals surface area contributed by atoms with E-state index in [1.54, 1.807) is 16.2 Å². The second-order valence-electron chi connectivity index (χ2n) is 19.4. The van der Waals surface area contributed by atoms with E-state index in [1.807, 2.05) is 41.6 Å². The van der Waals surface area contributed by atoms with Crippen molar-refractivity contribution in [2.45, 2.75) is 63.6 Å². The Labute approximate surface area is 389 Å². The van der Waals surface area contributed by atoms with Crippen LogP contribution in [0, 0.1) is 5.92 Å². The second kappa shape index (κ2) is 18.0. The number of nitrogens with one attached hydrogen (secondary N) is 2. The highest BCUT2D eigenvalue weighted by Crippen LogP contribution is 2.34. The molecule has 0 bridgehead atoms. The molecule has 2 N–H and O–H groups in total. The van der Waals surface area contributed by atoms with Gasteiger partial charge in [0.25, 0.3) is 5.91 Å². The highest BCUT2D eigenvalue weighted by Gasteiger charge is 2.33. The molecule has 15 nitrogen and oxygen atoms in total.